The standard InChI is InChI=1S/C20H21ClO6/c1-4-25-18-9-7-14(11-19(18)26-5-2)20(23)27-12-16(22)13-6-8-17(24-3)15(21)10-13/h6-11H,4-5,12H2,1-3H3. The van der Waals surface area contributed by atoms with E-state index in [-0.39, 0.29) is 11.3 Å². The molecular weight excluding hydrogens is 372 g/mol. The highest BCUT2D eigenvalue weighted by Gasteiger charge is 2.16. The molecule has 0 heterocycles. The van der Waals surface area contributed by atoms with E-state index in [4.69, 9.17) is 30.5 Å². The third-order valence-corrected chi connectivity index (χ3v) is 3.88. The second-order valence-electron chi connectivity index (χ2n) is 5.38. The molecule has 2 aromatic carbocycles. The molecule has 6 nitrogen and oxygen atoms in total. The first-order valence-electron chi connectivity index (χ1n) is 8.43. The smallest absolute Gasteiger partial charge is 0.338 e. The molecule has 0 N–H and O–H groups in total. The van der Waals surface area contributed by atoms with E-state index in [1.54, 1.807) is 24.3 Å². The maximum atomic E-state index is 12.3. The Bertz CT molecular complexity index is 818. The summed E-state index contributed by atoms with van der Waals surface area (Å²) in [5.74, 6) is 0.445. The Morgan fingerprint density at radius 2 is 1.52 bits per heavy atom. The Kier molecular flexibility index (Phi) is 7.49. The quantitative estimate of drug-likeness (QED) is 0.470. The molecule has 0 amide bonds. The van der Waals surface area contributed by atoms with Crippen molar-refractivity contribution < 1.29 is 28.5 Å². The largest absolute Gasteiger partial charge is 0.495 e. The number of carbonyl (C=O) groups is 2. The van der Waals surface area contributed by atoms with Crippen molar-refractivity contribution in [2.24, 2.45) is 0 Å². The molecule has 0 fully saturated rings. The van der Waals surface area contributed by atoms with E-state index in [0.29, 0.717) is 41.0 Å². The first-order valence-corrected chi connectivity index (χ1v) is 8.81. The predicted octanol–water partition coefficient (Wildman–Crippen LogP) is 4.19. The normalized spacial score (nSPS) is 10.2. The van der Waals surface area contributed by atoms with Gasteiger partial charge in [-0.05, 0) is 50.2 Å². The van der Waals surface area contributed by atoms with Crippen LogP contribution in [0.3, 0.4) is 0 Å². The molecule has 0 unspecified atom stereocenters. The molecule has 2 aromatic rings. The second-order valence-corrected chi connectivity index (χ2v) is 5.78. The van der Waals surface area contributed by atoms with Gasteiger partial charge in [0, 0.05) is 5.56 Å². The molecule has 0 aromatic heterocycles. The lowest BCUT2D eigenvalue weighted by Gasteiger charge is -2.12. The Labute approximate surface area is 162 Å². The third kappa shape index (κ3) is 5.37. The number of hydrogen-bond donors (Lipinski definition) is 0. The van der Waals surface area contributed by atoms with E-state index in [9.17, 15) is 9.59 Å². The minimum absolute atomic E-state index is 0.266. The van der Waals surface area contributed by atoms with Crippen molar-refractivity contribution >= 4 is 23.4 Å². The fourth-order valence-corrected chi connectivity index (χ4v) is 2.57. The van der Waals surface area contributed by atoms with Gasteiger partial charge in [0.25, 0.3) is 0 Å². The van der Waals surface area contributed by atoms with Crippen LogP contribution in [0.4, 0.5) is 0 Å². The number of ketones is 1. The predicted molar refractivity (Wildman–Crippen MR) is 101 cm³/mol. The summed E-state index contributed by atoms with van der Waals surface area (Å²) < 4.78 is 21.1. The van der Waals surface area contributed by atoms with Crippen LogP contribution in [0.2, 0.25) is 5.02 Å². The number of benzene rings is 2. The molecule has 0 saturated carbocycles. The lowest BCUT2D eigenvalue weighted by molar-refractivity contribution is 0.0474. The fourth-order valence-electron chi connectivity index (χ4n) is 2.32. The number of hydrogen-bond acceptors (Lipinski definition) is 6. The molecule has 0 aliphatic heterocycles. The molecule has 0 bridgehead atoms. The zero-order valence-electron chi connectivity index (χ0n) is 15.4. The molecule has 0 radical (unpaired) electrons. The van der Waals surface area contributed by atoms with Gasteiger partial charge in [-0.3, -0.25) is 4.79 Å². The van der Waals surface area contributed by atoms with Gasteiger partial charge in [0.05, 0.1) is 30.9 Å². The zero-order valence-corrected chi connectivity index (χ0v) is 16.2. The van der Waals surface area contributed by atoms with Crippen LogP contribution in [-0.4, -0.2) is 38.7 Å². The highest BCUT2D eigenvalue weighted by atomic mass is 35.5. The highest BCUT2D eigenvalue weighted by molar-refractivity contribution is 6.32. The topological polar surface area (TPSA) is 71.1 Å². The molecule has 0 aliphatic rings. The first-order chi connectivity index (χ1) is 13.0. The van der Waals surface area contributed by atoms with Gasteiger partial charge in [0.2, 0.25) is 0 Å². The maximum Gasteiger partial charge on any atom is 0.338 e. The van der Waals surface area contributed by atoms with Crippen molar-refractivity contribution in [1.29, 1.82) is 0 Å². The van der Waals surface area contributed by atoms with Crippen molar-refractivity contribution in [3.8, 4) is 17.2 Å². The van der Waals surface area contributed by atoms with Gasteiger partial charge in [0.1, 0.15) is 5.75 Å². The molecule has 7 heteroatoms. The van der Waals surface area contributed by atoms with Crippen LogP contribution in [0.1, 0.15) is 34.6 Å². The van der Waals surface area contributed by atoms with Crippen molar-refractivity contribution in [3.63, 3.8) is 0 Å². The van der Waals surface area contributed by atoms with E-state index >= 15 is 0 Å². The first kappa shape index (κ1) is 20.6. The van der Waals surface area contributed by atoms with Gasteiger partial charge in [-0.15, -0.1) is 0 Å². The fraction of sp³-hybridized carbons (Fsp3) is 0.300. The molecule has 2 rings (SSSR count). The third-order valence-electron chi connectivity index (χ3n) is 3.59. The number of methoxy groups -OCH3 is 1. The molecule has 0 spiro atoms. The van der Waals surface area contributed by atoms with E-state index in [1.165, 1.54) is 19.2 Å². The van der Waals surface area contributed by atoms with Crippen LogP contribution in [-0.2, 0) is 4.74 Å². The maximum absolute atomic E-state index is 12.3. The summed E-state index contributed by atoms with van der Waals surface area (Å²) in [7, 11) is 1.48. The Morgan fingerprint density at radius 1 is 0.889 bits per heavy atom. The summed E-state index contributed by atoms with van der Waals surface area (Å²) in [6.07, 6.45) is 0. The molecule has 0 saturated heterocycles. The zero-order chi connectivity index (χ0) is 19.8. The van der Waals surface area contributed by atoms with Crippen LogP contribution in [0.5, 0.6) is 17.2 Å². The number of Topliss-reactive ketones (excluding diaryl/α,β-unsaturated/α-hetero) is 1. The van der Waals surface area contributed by atoms with Gasteiger partial charge in [-0.2, -0.15) is 0 Å². The molecular formula is C20H21ClO6. The average Bonchev–Trinajstić information content (AvgIpc) is 2.67. The Balaban J connectivity index is 2.05. The molecule has 144 valence electrons. The van der Waals surface area contributed by atoms with Crippen LogP contribution in [0, 0.1) is 0 Å². The summed E-state index contributed by atoms with van der Waals surface area (Å²) >= 11 is 6.01. The number of rotatable bonds is 9. The Morgan fingerprint density at radius 3 is 2.15 bits per heavy atom. The molecule has 27 heavy (non-hydrogen) atoms. The highest BCUT2D eigenvalue weighted by Crippen LogP contribution is 2.29. The minimum Gasteiger partial charge on any atom is -0.495 e. The van der Waals surface area contributed by atoms with Gasteiger partial charge in [0.15, 0.2) is 23.9 Å². The Hall–Kier alpha value is -2.73. The number of esters is 1. The van der Waals surface area contributed by atoms with E-state index in [2.05, 4.69) is 0 Å². The average molecular weight is 393 g/mol. The van der Waals surface area contributed by atoms with Crippen LogP contribution in [0.15, 0.2) is 36.4 Å². The summed E-state index contributed by atoms with van der Waals surface area (Å²) in [4.78, 5) is 24.5. The summed E-state index contributed by atoms with van der Waals surface area (Å²) in [5.41, 5.74) is 0.595. The van der Waals surface area contributed by atoms with Crippen LogP contribution >= 0.6 is 11.6 Å². The van der Waals surface area contributed by atoms with Crippen molar-refractivity contribution in [1.82, 2.24) is 0 Å². The molecule has 0 atom stereocenters. The second kappa shape index (κ2) is 9.83. The lowest BCUT2D eigenvalue weighted by Crippen LogP contribution is -2.14. The summed E-state index contributed by atoms with van der Waals surface area (Å²) in [6.45, 7) is 4.19. The van der Waals surface area contributed by atoms with E-state index < -0.39 is 12.6 Å². The lowest BCUT2D eigenvalue weighted by atomic mass is 10.1. The summed E-state index contributed by atoms with van der Waals surface area (Å²) in [5, 5.41) is 0.308. The summed E-state index contributed by atoms with van der Waals surface area (Å²) in [6, 6.07) is 9.34. The van der Waals surface area contributed by atoms with Crippen LogP contribution in [0.25, 0.3) is 0 Å². The minimum atomic E-state index is -0.632. The van der Waals surface area contributed by atoms with E-state index in [1.807, 2.05) is 13.8 Å². The number of carbonyl (C=O) groups excluding carboxylic acids is 2. The van der Waals surface area contributed by atoms with Crippen molar-refractivity contribution in [3.05, 3.63) is 52.5 Å². The van der Waals surface area contributed by atoms with Crippen molar-refractivity contribution in [2.45, 2.75) is 13.8 Å². The number of halogens is 1. The van der Waals surface area contributed by atoms with E-state index in [0.717, 1.165) is 0 Å². The SMILES string of the molecule is CCOc1ccc(C(=O)OCC(=O)c2ccc(OC)c(Cl)c2)cc1OCC. The number of ether oxygens (including phenoxy) is 4. The van der Waals surface area contributed by atoms with Gasteiger partial charge in [-0.1, -0.05) is 11.6 Å². The van der Waals surface area contributed by atoms with Crippen LogP contribution < -0.4 is 14.2 Å². The monoisotopic (exact) mass is 392 g/mol. The molecule has 0 aliphatic carbocycles. The van der Waals surface area contributed by atoms with Gasteiger partial charge >= 0.3 is 5.97 Å². The van der Waals surface area contributed by atoms with Gasteiger partial charge < -0.3 is 18.9 Å². The van der Waals surface area contributed by atoms with Crippen molar-refractivity contribution in [2.75, 3.05) is 26.9 Å². The van der Waals surface area contributed by atoms with Gasteiger partial charge in [-0.25, -0.2) is 4.79 Å².